The quantitative estimate of drug-likeness (QED) is 0.457. The van der Waals surface area contributed by atoms with Gasteiger partial charge in [-0.25, -0.2) is 0 Å². The lowest BCUT2D eigenvalue weighted by atomic mass is 9.99. The standard InChI is InChI=1S/C7H10O3/c1-4-5-2-7(8)10-6(5)3-9-4/h4-6H,2-3H2,1H3/t4-,5+,6-/m0/s1. The second-order valence-electron chi connectivity index (χ2n) is 2.93. The molecule has 3 atom stereocenters. The Morgan fingerprint density at radius 2 is 2.40 bits per heavy atom. The molecule has 0 aromatic carbocycles. The number of carbonyl (C=O) groups excluding carboxylic acids is 1. The van der Waals surface area contributed by atoms with Crippen molar-refractivity contribution in [1.29, 1.82) is 0 Å². The van der Waals surface area contributed by atoms with Crippen molar-refractivity contribution in [3.05, 3.63) is 0 Å². The number of rotatable bonds is 0. The van der Waals surface area contributed by atoms with Crippen LogP contribution in [0.1, 0.15) is 13.3 Å². The summed E-state index contributed by atoms with van der Waals surface area (Å²) in [5.74, 6) is 0.262. The number of hydrogen-bond acceptors (Lipinski definition) is 3. The van der Waals surface area contributed by atoms with Crippen molar-refractivity contribution in [2.24, 2.45) is 5.92 Å². The Hall–Kier alpha value is -0.570. The van der Waals surface area contributed by atoms with Gasteiger partial charge < -0.3 is 9.47 Å². The van der Waals surface area contributed by atoms with Gasteiger partial charge in [0, 0.05) is 5.92 Å². The molecule has 3 heteroatoms. The van der Waals surface area contributed by atoms with Gasteiger partial charge in [-0.05, 0) is 6.92 Å². The summed E-state index contributed by atoms with van der Waals surface area (Å²) in [6.45, 7) is 2.59. The van der Waals surface area contributed by atoms with E-state index in [9.17, 15) is 4.79 Å². The summed E-state index contributed by atoms with van der Waals surface area (Å²) in [6, 6.07) is 0. The SMILES string of the molecule is C[C@@H]1OC[C@@H]2OC(=O)C[C@H]12. The van der Waals surface area contributed by atoms with Crippen molar-refractivity contribution >= 4 is 5.97 Å². The largest absolute Gasteiger partial charge is 0.459 e. The minimum atomic E-state index is -0.0647. The molecular weight excluding hydrogens is 132 g/mol. The smallest absolute Gasteiger partial charge is 0.306 e. The number of hydrogen-bond donors (Lipinski definition) is 0. The third-order valence-corrected chi connectivity index (χ3v) is 2.29. The summed E-state index contributed by atoms with van der Waals surface area (Å²) in [7, 11) is 0. The predicted octanol–water partition coefficient (Wildman–Crippen LogP) is 0.337. The maximum absolute atomic E-state index is 10.7. The summed E-state index contributed by atoms with van der Waals surface area (Å²) >= 11 is 0. The molecule has 0 spiro atoms. The van der Waals surface area contributed by atoms with E-state index in [1.165, 1.54) is 0 Å². The molecule has 56 valence electrons. The van der Waals surface area contributed by atoms with Gasteiger partial charge in [-0.1, -0.05) is 0 Å². The highest BCUT2D eigenvalue weighted by Crippen LogP contribution is 2.32. The van der Waals surface area contributed by atoms with Crippen molar-refractivity contribution in [2.75, 3.05) is 6.61 Å². The van der Waals surface area contributed by atoms with Crippen molar-refractivity contribution in [3.63, 3.8) is 0 Å². The topological polar surface area (TPSA) is 35.5 Å². The molecule has 10 heavy (non-hydrogen) atoms. The third kappa shape index (κ3) is 0.736. The van der Waals surface area contributed by atoms with Crippen LogP contribution in [0, 0.1) is 5.92 Å². The van der Waals surface area contributed by atoms with E-state index in [1.807, 2.05) is 6.92 Å². The van der Waals surface area contributed by atoms with E-state index in [4.69, 9.17) is 9.47 Å². The number of esters is 1. The highest BCUT2D eigenvalue weighted by atomic mass is 16.6. The lowest BCUT2D eigenvalue weighted by molar-refractivity contribution is -0.142. The molecule has 2 rings (SSSR count). The summed E-state index contributed by atoms with van der Waals surface area (Å²) in [6.07, 6.45) is 0.810. The fourth-order valence-electron chi connectivity index (χ4n) is 1.62. The second-order valence-corrected chi connectivity index (χ2v) is 2.93. The zero-order valence-electron chi connectivity index (χ0n) is 5.87. The monoisotopic (exact) mass is 142 g/mol. The van der Waals surface area contributed by atoms with Crippen LogP contribution in [0.15, 0.2) is 0 Å². The molecule has 0 N–H and O–H groups in total. The van der Waals surface area contributed by atoms with Crippen molar-refractivity contribution in [2.45, 2.75) is 25.6 Å². The van der Waals surface area contributed by atoms with Crippen LogP contribution in [-0.2, 0) is 14.3 Å². The van der Waals surface area contributed by atoms with E-state index in [-0.39, 0.29) is 18.2 Å². The first-order valence-electron chi connectivity index (χ1n) is 3.58. The highest BCUT2D eigenvalue weighted by Gasteiger charge is 2.43. The maximum Gasteiger partial charge on any atom is 0.306 e. The Kier molecular flexibility index (Phi) is 1.20. The predicted molar refractivity (Wildman–Crippen MR) is 33.4 cm³/mol. The Labute approximate surface area is 59.3 Å². The van der Waals surface area contributed by atoms with E-state index >= 15 is 0 Å². The first-order chi connectivity index (χ1) is 4.77. The lowest BCUT2D eigenvalue weighted by Crippen LogP contribution is -2.16. The third-order valence-electron chi connectivity index (χ3n) is 2.29. The fourth-order valence-corrected chi connectivity index (χ4v) is 1.62. The average molecular weight is 142 g/mol. The molecule has 0 aromatic rings. The van der Waals surface area contributed by atoms with E-state index in [1.54, 1.807) is 0 Å². The zero-order chi connectivity index (χ0) is 7.14. The zero-order valence-corrected chi connectivity index (χ0v) is 5.87. The number of ether oxygens (including phenoxy) is 2. The Morgan fingerprint density at radius 1 is 1.60 bits per heavy atom. The molecule has 2 heterocycles. The molecule has 2 aliphatic rings. The molecule has 0 bridgehead atoms. The molecule has 0 aliphatic carbocycles. The van der Waals surface area contributed by atoms with Crippen molar-refractivity contribution in [1.82, 2.24) is 0 Å². The van der Waals surface area contributed by atoms with Crippen molar-refractivity contribution < 1.29 is 14.3 Å². The first kappa shape index (κ1) is 6.16. The Morgan fingerprint density at radius 3 is 3.10 bits per heavy atom. The van der Waals surface area contributed by atoms with E-state index in [2.05, 4.69) is 0 Å². The van der Waals surface area contributed by atoms with Crippen LogP contribution in [-0.4, -0.2) is 24.8 Å². The van der Waals surface area contributed by atoms with Crippen LogP contribution < -0.4 is 0 Å². The lowest BCUT2D eigenvalue weighted by Gasteiger charge is -2.06. The van der Waals surface area contributed by atoms with Gasteiger partial charge in [0.25, 0.3) is 0 Å². The van der Waals surface area contributed by atoms with Crippen LogP contribution >= 0.6 is 0 Å². The fraction of sp³-hybridized carbons (Fsp3) is 0.857. The molecule has 0 saturated carbocycles. The van der Waals surface area contributed by atoms with Crippen LogP contribution in [0.25, 0.3) is 0 Å². The molecule has 2 saturated heterocycles. The van der Waals surface area contributed by atoms with Gasteiger partial charge in [-0.15, -0.1) is 0 Å². The normalized spacial score (nSPS) is 45.3. The summed E-state index contributed by atoms with van der Waals surface area (Å²) < 4.78 is 10.3. The van der Waals surface area contributed by atoms with E-state index in [0.717, 1.165) is 0 Å². The van der Waals surface area contributed by atoms with Crippen LogP contribution in [0.2, 0.25) is 0 Å². The van der Waals surface area contributed by atoms with Gasteiger partial charge >= 0.3 is 5.97 Å². The number of carbonyl (C=O) groups is 1. The summed E-state index contributed by atoms with van der Waals surface area (Å²) in [4.78, 5) is 10.7. The molecule has 0 amide bonds. The molecule has 2 fully saturated rings. The first-order valence-corrected chi connectivity index (χ1v) is 3.58. The van der Waals surface area contributed by atoms with Crippen LogP contribution in [0.3, 0.4) is 0 Å². The van der Waals surface area contributed by atoms with E-state index in [0.29, 0.717) is 18.9 Å². The molecule has 0 radical (unpaired) electrons. The average Bonchev–Trinajstić information content (AvgIpc) is 2.35. The van der Waals surface area contributed by atoms with Gasteiger partial charge in [0.15, 0.2) is 0 Å². The molecule has 0 unspecified atom stereocenters. The Bertz CT molecular complexity index is 166. The maximum atomic E-state index is 10.7. The molecule has 2 aliphatic heterocycles. The van der Waals surface area contributed by atoms with E-state index < -0.39 is 0 Å². The summed E-state index contributed by atoms with van der Waals surface area (Å²) in [5.41, 5.74) is 0. The van der Waals surface area contributed by atoms with Gasteiger partial charge in [0.1, 0.15) is 6.10 Å². The molecule has 0 aromatic heterocycles. The van der Waals surface area contributed by atoms with Gasteiger partial charge in [-0.3, -0.25) is 4.79 Å². The minimum absolute atomic E-state index is 0.0579. The van der Waals surface area contributed by atoms with Crippen molar-refractivity contribution in [3.8, 4) is 0 Å². The molecular formula is C7H10O3. The second kappa shape index (κ2) is 1.95. The highest BCUT2D eigenvalue weighted by molar-refractivity contribution is 5.72. The summed E-state index contributed by atoms with van der Waals surface area (Å²) in [5, 5.41) is 0. The molecule has 3 nitrogen and oxygen atoms in total. The van der Waals surface area contributed by atoms with Crippen LogP contribution in [0.4, 0.5) is 0 Å². The van der Waals surface area contributed by atoms with Gasteiger partial charge in [-0.2, -0.15) is 0 Å². The Balaban J connectivity index is 2.12. The van der Waals surface area contributed by atoms with Gasteiger partial charge in [0.05, 0.1) is 19.1 Å². The minimum Gasteiger partial charge on any atom is -0.459 e. The van der Waals surface area contributed by atoms with Crippen LogP contribution in [0.5, 0.6) is 0 Å². The van der Waals surface area contributed by atoms with Gasteiger partial charge in [0.2, 0.25) is 0 Å². The number of fused-ring (bicyclic) bond motifs is 1.